The largest absolute Gasteiger partial charge is 0.444 e. The fraction of sp³-hybridized carbons (Fsp3) is 0.562. The van der Waals surface area contributed by atoms with Crippen LogP contribution in [0.4, 0.5) is 4.79 Å². The number of aryl methyl sites for hydroxylation is 1. The van der Waals surface area contributed by atoms with Gasteiger partial charge < -0.3 is 10.1 Å². The molecule has 4 nitrogen and oxygen atoms in total. The molecule has 1 N–H and O–H groups in total. The van der Waals surface area contributed by atoms with Crippen LogP contribution in [0.2, 0.25) is 0 Å². The molecule has 0 bridgehead atoms. The molecule has 1 aliphatic heterocycles. The van der Waals surface area contributed by atoms with Gasteiger partial charge in [0.2, 0.25) is 0 Å². The minimum Gasteiger partial charge on any atom is -0.444 e. The molecule has 0 saturated carbocycles. The molecule has 2 rings (SSSR count). The number of hydrogen-bond donors (Lipinski definition) is 1. The van der Waals surface area contributed by atoms with E-state index in [1.807, 2.05) is 31.7 Å². The topological polar surface area (TPSA) is 41.6 Å². The number of carbonyl (C=O) groups is 1. The maximum atomic E-state index is 12.4. The highest BCUT2D eigenvalue weighted by Crippen LogP contribution is 2.25. The van der Waals surface area contributed by atoms with Gasteiger partial charge in [-0.15, -0.1) is 0 Å². The van der Waals surface area contributed by atoms with Crippen LogP contribution in [0.5, 0.6) is 0 Å². The SMILES string of the molecule is Cc1cccc([C@@H]2CNCCN2C(=O)OC(C)(C)C)c1. The molecule has 0 aromatic heterocycles. The Kier molecular flexibility index (Phi) is 4.33. The van der Waals surface area contributed by atoms with E-state index in [0.717, 1.165) is 18.7 Å². The van der Waals surface area contributed by atoms with Crippen LogP contribution >= 0.6 is 0 Å². The van der Waals surface area contributed by atoms with Crippen molar-refractivity contribution in [3.63, 3.8) is 0 Å². The van der Waals surface area contributed by atoms with Crippen LogP contribution in [0, 0.1) is 6.92 Å². The van der Waals surface area contributed by atoms with Gasteiger partial charge in [-0.2, -0.15) is 0 Å². The van der Waals surface area contributed by atoms with Crippen molar-refractivity contribution in [2.45, 2.75) is 39.3 Å². The highest BCUT2D eigenvalue weighted by Gasteiger charge is 2.31. The van der Waals surface area contributed by atoms with E-state index in [9.17, 15) is 4.79 Å². The third-order valence-electron chi connectivity index (χ3n) is 3.30. The van der Waals surface area contributed by atoms with E-state index in [2.05, 4.69) is 30.4 Å². The van der Waals surface area contributed by atoms with E-state index in [1.165, 1.54) is 5.56 Å². The molecule has 4 heteroatoms. The van der Waals surface area contributed by atoms with Crippen LogP contribution in [0.1, 0.15) is 37.9 Å². The van der Waals surface area contributed by atoms with Crippen molar-refractivity contribution in [2.75, 3.05) is 19.6 Å². The molecule has 1 fully saturated rings. The van der Waals surface area contributed by atoms with Gasteiger partial charge >= 0.3 is 6.09 Å². The number of carbonyl (C=O) groups excluding carboxylic acids is 1. The molecular formula is C16H24N2O2. The number of amides is 1. The van der Waals surface area contributed by atoms with Crippen molar-refractivity contribution < 1.29 is 9.53 Å². The zero-order chi connectivity index (χ0) is 14.8. The van der Waals surface area contributed by atoms with Gasteiger partial charge in [-0.1, -0.05) is 29.8 Å². The van der Waals surface area contributed by atoms with Crippen LogP contribution in [0.15, 0.2) is 24.3 Å². The van der Waals surface area contributed by atoms with Gasteiger partial charge in [-0.3, -0.25) is 4.90 Å². The predicted molar refractivity (Wildman–Crippen MR) is 79.7 cm³/mol. The minimum atomic E-state index is -0.459. The number of nitrogens with zero attached hydrogens (tertiary/aromatic N) is 1. The Labute approximate surface area is 121 Å². The molecule has 1 heterocycles. The van der Waals surface area contributed by atoms with Gasteiger partial charge in [-0.25, -0.2) is 4.79 Å². The van der Waals surface area contributed by atoms with E-state index in [4.69, 9.17) is 4.74 Å². The lowest BCUT2D eigenvalue weighted by Crippen LogP contribution is -2.50. The standard InChI is InChI=1S/C16H24N2O2/c1-12-6-5-7-13(10-12)14-11-17-8-9-18(14)15(19)20-16(2,3)4/h5-7,10,14,17H,8-9,11H2,1-4H3/t14-/m0/s1. The smallest absolute Gasteiger partial charge is 0.410 e. The summed E-state index contributed by atoms with van der Waals surface area (Å²) in [5.74, 6) is 0. The quantitative estimate of drug-likeness (QED) is 0.857. The van der Waals surface area contributed by atoms with E-state index >= 15 is 0 Å². The highest BCUT2D eigenvalue weighted by atomic mass is 16.6. The Morgan fingerprint density at radius 1 is 1.40 bits per heavy atom. The Morgan fingerprint density at radius 3 is 2.80 bits per heavy atom. The predicted octanol–water partition coefficient (Wildman–Crippen LogP) is 2.88. The summed E-state index contributed by atoms with van der Waals surface area (Å²) >= 11 is 0. The van der Waals surface area contributed by atoms with E-state index in [-0.39, 0.29) is 12.1 Å². The Hall–Kier alpha value is -1.55. The molecule has 1 aliphatic rings. The van der Waals surface area contributed by atoms with Crippen LogP contribution in [-0.4, -0.2) is 36.2 Å². The third-order valence-corrected chi connectivity index (χ3v) is 3.30. The number of ether oxygens (including phenoxy) is 1. The summed E-state index contributed by atoms with van der Waals surface area (Å²) < 4.78 is 5.52. The second-order valence-electron chi connectivity index (χ2n) is 6.31. The molecule has 0 unspecified atom stereocenters. The Morgan fingerprint density at radius 2 is 2.15 bits per heavy atom. The van der Waals surface area contributed by atoms with Crippen molar-refractivity contribution in [1.82, 2.24) is 10.2 Å². The average molecular weight is 276 g/mol. The number of rotatable bonds is 1. The Bertz CT molecular complexity index is 480. The van der Waals surface area contributed by atoms with Crippen molar-refractivity contribution >= 4 is 6.09 Å². The van der Waals surface area contributed by atoms with E-state index in [0.29, 0.717) is 6.54 Å². The molecule has 1 amide bonds. The zero-order valence-electron chi connectivity index (χ0n) is 12.8. The van der Waals surface area contributed by atoms with Gasteiger partial charge in [0.25, 0.3) is 0 Å². The molecule has 0 radical (unpaired) electrons. The number of benzene rings is 1. The summed E-state index contributed by atoms with van der Waals surface area (Å²) in [6, 6.07) is 8.35. The van der Waals surface area contributed by atoms with Crippen LogP contribution in [-0.2, 0) is 4.74 Å². The average Bonchev–Trinajstić information content (AvgIpc) is 2.37. The van der Waals surface area contributed by atoms with E-state index < -0.39 is 5.60 Å². The van der Waals surface area contributed by atoms with Crippen molar-refractivity contribution in [2.24, 2.45) is 0 Å². The lowest BCUT2D eigenvalue weighted by molar-refractivity contribution is 0.0118. The third kappa shape index (κ3) is 3.73. The molecule has 1 aromatic rings. The normalized spacial score (nSPS) is 19.8. The highest BCUT2D eigenvalue weighted by molar-refractivity contribution is 5.69. The van der Waals surface area contributed by atoms with Gasteiger partial charge in [0.1, 0.15) is 5.60 Å². The first-order chi connectivity index (χ1) is 9.37. The van der Waals surface area contributed by atoms with Gasteiger partial charge in [-0.05, 0) is 33.3 Å². The molecule has 1 saturated heterocycles. The molecule has 110 valence electrons. The fourth-order valence-electron chi connectivity index (χ4n) is 2.42. The maximum Gasteiger partial charge on any atom is 0.410 e. The lowest BCUT2D eigenvalue weighted by Gasteiger charge is -2.37. The number of hydrogen-bond acceptors (Lipinski definition) is 3. The molecular weight excluding hydrogens is 252 g/mol. The van der Waals surface area contributed by atoms with Crippen LogP contribution < -0.4 is 5.32 Å². The first-order valence-electron chi connectivity index (χ1n) is 7.14. The summed E-state index contributed by atoms with van der Waals surface area (Å²) in [5.41, 5.74) is 1.90. The minimum absolute atomic E-state index is 0.0403. The monoisotopic (exact) mass is 276 g/mol. The zero-order valence-corrected chi connectivity index (χ0v) is 12.8. The number of nitrogens with one attached hydrogen (secondary N) is 1. The molecule has 20 heavy (non-hydrogen) atoms. The molecule has 1 aromatic carbocycles. The van der Waals surface area contributed by atoms with Gasteiger partial charge in [0.15, 0.2) is 0 Å². The molecule has 1 atom stereocenters. The van der Waals surface area contributed by atoms with Crippen molar-refractivity contribution in [3.8, 4) is 0 Å². The Balaban J connectivity index is 2.19. The van der Waals surface area contributed by atoms with Crippen molar-refractivity contribution in [3.05, 3.63) is 35.4 Å². The van der Waals surface area contributed by atoms with Crippen LogP contribution in [0.25, 0.3) is 0 Å². The molecule has 0 aliphatic carbocycles. The van der Waals surface area contributed by atoms with Gasteiger partial charge in [0, 0.05) is 19.6 Å². The summed E-state index contributed by atoms with van der Waals surface area (Å²) in [4.78, 5) is 14.2. The first kappa shape index (κ1) is 14.9. The maximum absolute atomic E-state index is 12.4. The summed E-state index contributed by atoms with van der Waals surface area (Å²) in [6.07, 6.45) is -0.231. The van der Waals surface area contributed by atoms with Crippen molar-refractivity contribution in [1.29, 1.82) is 0 Å². The number of piperazine rings is 1. The summed E-state index contributed by atoms with van der Waals surface area (Å²) in [7, 11) is 0. The first-order valence-corrected chi connectivity index (χ1v) is 7.14. The summed E-state index contributed by atoms with van der Waals surface area (Å²) in [5, 5.41) is 3.35. The summed E-state index contributed by atoms with van der Waals surface area (Å²) in [6.45, 7) is 10.0. The second kappa shape index (κ2) is 5.83. The second-order valence-corrected chi connectivity index (χ2v) is 6.31. The van der Waals surface area contributed by atoms with E-state index in [1.54, 1.807) is 0 Å². The molecule has 0 spiro atoms. The fourth-order valence-corrected chi connectivity index (χ4v) is 2.42. The van der Waals surface area contributed by atoms with Gasteiger partial charge in [0.05, 0.1) is 6.04 Å². The lowest BCUT2D eigenvalue weighted by atomic mass is 10.0. The van der Waals surface area contributed by atoms with Crippen LogP contribution in [0.3, 0.4) is 0 Å².